The summed E-state index contributed by atoms with van der Waals surface area (Å²) in [5.41, 5.74) is 0.370. The lowest BCUT2D eigenvalue weighted by Crippen LogP contribution is -2.30. The molecule has 0 aromatic rings. The van der Waals surface area contributed by atoms with Gasteiger partial charge in [0, 0.05) is 17.2 Å². The Kier molecular flexibility index (Phi) is 2.55. The van der Waals surface area contributed by atoms with Gasteiger partial charge in [0.05, 0.1) is 0 Å². The van der Waals surface area contributed by atoms with E-state index < -0.39 is 35.3 Å². The zero-order valence-corrected chi connectivity index (χ0v) is 11.9. The van der Waals surface area contributed by atoms with Crippen LogP contribution in [0.4, 0.5) is 0 Å². The maximum Gasteiger partial charge on any atom is 0.342 e. The highest BCUT2D eigenvalue weighted by atomic mass is 16.7. The third-order valence-corrected chi connectivity index (χ3v) is 4.71. The van der Waals surface area contributed by atoms with Crippen molar-refractivity contribution in [1.82, 2.24) is 0 Å². The summed E-state index contributed by atoms with van der Waals surface area (Å²) in [5.74, 6) is -2.18. The molecule has 0 aromatic carbocycles. The van der Waals surface area contributed by atoms with Crippen molar-refractivity contribution in [2.75, 3.05) is 0 Å². The second-order valence-corrected chi connectivity index (χ2v) is 6.13. The second-order valence-electron chi connectivity index (χ2n) is 6.13. The fourth-order valence-electron chi connectivity index (χ4n) is 3.52. The number of allylic oxidation sites excluding steroid dienone is 4. The molecular formula is C16H14O6. The summed E-state index contributed by atoms with van der Waals surface area (Å²) >= 11 is 0. The molecule has 0 aromatic heterocycles. The van der Waals surface area contributed by atoms with E-state index in [2.05, 4.69) is 0 Å². The predicted molar refractivity (Wildman–Crippen MR) is 72.8 cm³/mol. The van der Waals surface area contributed by atoms with Crippen molar-refractivity contribution in [3.8, 4) is 0 Å². The normalized spacial score (nSPS) is 39.4. The Labute approximate surface area is 126 Å². The molecule has 2 saturated heterocycles. The molecule has 6 heteroatoms. The number of carbonyl (C=O) groups excluding carboxylic acids is 3. The van der Waals surface area contributed by atoms with Gasteiger partial charge in [-0.2, -0.15) is 0 Å². The first kappa shape index (κ1) is 13.5. The first-order valence-electron chi connectivity index (χ1n) is 7.21. The zero-order chi connectivity index (χ0) is 15.6. The lowest BCUT2D eigenvalue weighted by molar-refractivity contribution is -0.152. The van der Waals surface area contributed by atoms with Gasteiger partial charge in [0.2, 0.25) is 11.6 Å². The Balaban J connectivity index is 1.89. The summed E-state index contributed by atoms with van der Waals surface area (Å²) in [4.78, 5) is 36.0. The lowest BCUT2D eigenvalue weighted by atomic mass is 9.83. The third kappa shape index (κ3) is 1.61. The van der Waals surface area contributed by atoms with Gasteiger partial charge in [-0.15, -0.1) is 0 Å². The zero-order valence-electron chi connectivity index (χ0n) is 11.9. The van der Waals surface area contributed by atoms with Gasteiger partial charge in [0.25, 0.3) is 0 Å². The SMILES string of the molecule is C/C1=C\CCC23OC2C(OC3=O)C2=C(C1)C(=O)C(=O)C=C2O. The molecule has 1 N–H and O–H groups in total. The largest absolute Gasteiger partial charge is 0.507 e. The molecule has 2 aliphatic heterocycles. The number of hydrogen-bond acceptors (Lipinski definition) is 6. The minimum Gasteiger partial charge on any atom is -0.507 e. The molecule has 4 aliphatic rings. The summed E-state index contributed by atoms with van der Waals surface area (Å²) in [7, 11) is 0. The van der Waals surface area contributed by atoms with E-state index in [1.807, 2.05) is 13.0 Å². The van der Waals surface area contributed by atoms with Gasteiger partial charge in [0.15, 0.2) is 11.7 Å². The Morgan fingerprint density at radius 1 is 1.32 bits per heavy atom. The van der Waals surface area contributed by atoms with E-state index in [-0.39, 0.29) is 23.3 Å². The van der Waals surface area contributed by atoms with Crippen LogP contribution in [0.1, 0.15) is 26.2 Å². The molecular weight excluding hydrogens is 288 g/mol. The van der Waals surface area contributed by atoms with E-state index >= 15 is 0 Å². The van der Waals surface area contributed by atoms with Crippen LogP contribution in [-0.4, -0.2) is 40.5 Å². The fourth-order valence-corrected chi connectivity index (χ4v) is 3.52. The summed E-state index contributed by atoms with van der Waals surface area (Å²) in [6, 6.07) is 0. The molecule has 114 valence electrons. The van der Waals surface area contributed by atoms with E-state index in [1.165, 1.54) is 0 Å². The number of epoxide rings is 1. The smallest absolute Gasteiger partial charge is 0.342 e. The van der Waals surface area contributed by atoms with Crippen LogP contribution >= 0.6 is 0 Å². The molecule has 2 fully saturated rings. The molecule has 0 spiro atoms. The minimum atomic E-state index is -0.957. The maximum absolute atomic E-state index is 12.2. The van der Waals surface area contributed by atoms with Crippen LogP contribution in [0.2, 0.25) is 0 Å². The number of aliphatic hydroxyl groups excluding tert-OH is 1. The summed E-state index contributed by atoms with van der Waals surface area (Å²) in [6.45, 7) is 1.85. The van der Waals surface area contributed by atoms with Gasteiger partial charge >= 0.3 is 5.97 Å². The molecule has 3 unspecified atom stereocenters. The van der Waals surface area contributed by atoms with Crippen LogP contribution in [-0.2, 0) is 23.9 Å². The summed E-state index contributed by atoms with van der Waals surface area (Å²) in [6.07, 6.45) is 2.92. The lowest BCUT2D eigenvalue weighted by Gasteiger charge is -2.22. The van der Waals surface area contributed by atoms with Crippen LogP contribution in [0.3, 0.4) is 0 Å². The van der Waals surface area contributed by atoms with Gasteiger partial charge in [-0.25, -0.2) is 4.79 Å². The minimum absolute atomic E-state index is 0.199. The van der Waals surface area contributed by atoms with Crippen LogP contribution in [0, 0.1) is 0 Å². The van der Waals surface area contributed by atoms with Crippen molar-refractivity contribution in [3.63, 3.8) is 0 Å². The average Bonchev–Trinajstić information content (AvgIpc) is 3.12. The molecule has 0 saturated carbocycles. The van der Waals surface area contributed by atoms with Crippen LogP contribution in [0.5, 0.6) is 0 Å². The summed E-state index contributed by atoms with van der Waals surface area (Å²) in [5, 5.41) is 10.2. The molecule has 4 rings (SSSR count). The van der Waals surface area contributed by atoms with E-state index in [0.29, 0.717) is 12.8 Å². The average molecular weight is 302 g/mol. The Bertz CT molecular complexity index is 725. The number of carbonyl (C=O) groups is 3. The van der Waals surface area contributed by atoms with Crippen molar-refractivity contribution in [3.05, 3.63) is 34.6 Å². The first-order chi connectivity index (χ1) is 10.4. The van der Waals surface area contributed by atoms with Crippen LogP contribution in [0.25, 0.3) is 0 Å². The number of esters is 1. The fraction of sp³-hybridized carbons (Fsp3) is 0.438. The van der Waals surface area contributed by atoms with Crippen molar-refractivity contribution < 1.29 is 29.0 Å². The number of aliphatic hydroxyl groups is 1. The highest BCUT2D eigenvalue weighted by Crippen LogP contribution is 2.53. The quantitative estimate of drug-likeness (QED) is 0.236. The second kappa shape index (κ2) is 4.16. The highest BCUT2D eigenvalue weighted by Gasteiger charge is 2.73. The summed E-state index contributed by atoms with van der Waals surface area (Å²) < 4.78 is 10.9. The maximum atomic E-state index is 12.2. The van der Waals surface area contributed by atoms with Crippen molar-refractivity contribution in [2.24, 2.45) is 0 Å². The number of Topliss-reactive ketones (excluding diaryl/α,β-unsaturated/α-hetero) is 1. The molecule has 0 amide bonds. The number of ether oxygens (including phenoxy) is 2. The van der Waals surface area contributed by atoms with Crippen molar-refractivity contribution >= 4 is 17.5 Å². The Morgan fingerprint density at radius 3 is 2.82 bits per heavy atom. The van der Waals surface area contributed by atoms with Gasteiger partial charge in [0.1, 0.15) is 11.9 Å². The molecule has 2 heterocycles. The first-order valence-corrected chi connectivity index (χ1v) is 7.21. The van der Waals surface area contributed by atoms with Gasteiger partial charge < -0.3 is 14.6 Å². The third-order valence-electron chi connectivity index (χ3n) is 4.71. The number of rotatable bonds is 0. The van der Waals surface area contributed by atoms with Gasteiger partial charge in [-0.1, -0.05) is 11.6 Å². The standard InChI is InChI=1S/C16H14O6/c1-7-3-2-4-16-14(22-16)13(21-15(16)20)11-8(5-7)12(19)10(18)6-9(11)17/h3,6,13-14,17H,2,4-5H2,1H3/b7-3+. The van der Waals surface area contributed by atoms with Crippen LogP contribution < -0.4 is 0 Å². The number of fused-ring (bicyclic) bond motifs is 1. The Morgan fingerprint density at radius 2 is 2.09 bits per heavy atom. The Hall–Kier alpha value is -2.21. The van der Waals surface area contributed by atoms with Crippen molar-refractivity contribution in [1.29, 1.82) is 0 Å². The van der Waals surface area contributed by atoms with Crippen LogP contribution in [0.15, 0.2) is 34.6 Å². The van der Waals surface area contributed by atoms with E-state index in [0.717, 1.165) is 11.6 Å². The predicted octanol–water partition coefficient (Wildman–Crippen LogP) is 1.07. The monoisotopic (exact) mass is 302 g/mol. The van der Waals surface area contributed by atoms with Gasteiger partial charge in [-0.3, -0.25) is 9.59 Å². The molecule has 0 radical (unpaired) electrons. The number of ketones is 2. The molecule has 22 heavy (non-hydrogen) atoms. The molecule has 2 bridgehead atoms. The topological polar surface area (TPSA) is 93.2 Å². The van der Waals surface area contributed by atoms with Gasteiger partial charge in [-0.05, 0) is 26.2 Å². The molecule has 6 nitrogen and oxygen atoms in total. The molecule has 2 aliphatic carbocycles. The highest BCUT2D eigenvalue weighted by molar-refractivity contribution is 6.48. The van der Waals surface area contributed by atoms with E-state index in [9.17, 15) is 19.5 Å². The van der Waals surface area contributed by atoms with Crippen molar-refractivity contribution in [2.45, 2.75) is 44.0 Å². The number of hydrogen-bond donors (Lipinski definition) is 1. The van der Waals surface area contributed by atoms with E-state index in [1.54, 1.807) is 0 Å². The molecule has 3 atom stereocenters. The van der Waals surface area contributed by atoms with E-state index in [4.69, 9.17) is 9.47 Å².